The van der Waals surface area contributed by atoms with Crippen LogP contribution in [-0.2, 0) is 20.2 Å². The molecule has 42 heavy (non-hydrogen) atoms. The van der Waals surface area contributed by atoms with Crippen LogP contribution in [-0.4, -0.2) is 25.9 Å². The average Bonchev–Trinajstić information content (AvgIpc) is 2.95. The smallest absolute Gasteiger partial charge is 0.127 e. The molecule has 0 N–H and O–H groups in total. The van der Waals surface area contributed by atoms with Crippen molar-refractivity contribution < 1.29 is 35.4 Å². The van der Waals surface area contributed by atoms with Gasteiger partial charge in [0.25, 0.3) is 0 Å². The standard InChI is InChI=1S/C30H20Cl2O8S2/c31-21-5-13-25(14-6-21)39-23-9-1-19(2-10-23)27-17-18-28(41(33,34)35)29(30(27)42(36,37)38)20-3-11-24(12-4-20)40-26-15-7-22(32)8-16-26/h1-18H,(H,33,34,35)(H,36,37,38)/p-2. The van der Waals surface area contributed by atoms with Crippen LogP contribution in [0.1, 0.15) is 0 Å². The van der Waals surface area contributed by atoms with E-state index in [1.807, 2.05) is 0 Å². The molecule has 12 heteroatoms. The number of hydrogen-bond donors (Lipinski definition) is 0. The molecule has 0 amide bonds. The molecule has 0 aliphatic heterocycles. The Morgan fingerprint density at radius 1 is 0.476 bits per heavy atom. The summed E-state index contributed by atoms with van der Waals surface area (Å²) in [4.78, 5) is -1.70. The van der Waals surface area contributed by atoms with Gasteiger partial charge in [0.15, 0.2) is 0 Å². The molecular weight excluding hydrogens is 623 g/mol. The maximum atomic E-state index is 12.6. The van der Waals surface area contributed by atoms with E-state index in [2.05, 4.69) is 0 Å². The second kappa shape index (κ2) is 11.8. The molecule has 0 bridgehead atoms. The summed E-state index contributed by atoms with van der Waals surface area (Å²) in [5, 5.41) is 1.05. The molecule has 0 aliphatic rings. The second-order valence-electron chi connectivity index (χ2n) is 8.88. The summed E-state index contributed by atoms with van der Waals surface area (Å²) >= 11 is 11.8. The Labute approximate surface area is 252 Å². The van der Waals surface area contributed by atoms with Gasteiger partial charge in [0.05, 0.1) is 9.79 Å². The SMILES string of the molecule is O=S(=O)([O-])c1ccc(-c2ccc(Oc3ccc(Cl)cc3)cc2)c(S(=O)(=O)[O-])c1-c1ccc(Oc2ccc(Cl)cc2)cc1. The molecule has 8 nitrogen and oxygen atoms in total. The minimum atomic E-state index is -5.31. The molecule has 0 unspecified atom stereocenters. The van der Waals surface area contributed by atoms with Gasteiger partial charge in [-0.05, 0) is 95.6 Å². The summed E-state index contributed by atoms with van der Waals surface area (Å²) in [5.74, 6) is 1.70. The lowest BCUT2D eigenvalue weighted by Crippen LogP contribution is -2.10. The van der Waals surface area contributed by atoms with Gasteiger partial charge in [-0.1, -0.05) is 53.5 Å². The molecule has 0 heterocycles. The average molecular weight is 642 g/mol. The predicted octanol–water partition coefficient (Wildman–Crippen LogP) is 7.72. The van der Waals surface area contributed by atoms with E-state index in [1.54, 1.807) is 60.7 Å². The van der Waals surface area contributed by atoms with Crippen molar-refractivity contribution in [2.24, 2.45) is 0 Å². The van der Waals surface area contributed by atoms with Gasteiger partial charge in [-0.25, -0.2) is 16.8 Å². The molecule has 214 valence electrons. The van der Waals surface area contributed by atoms with E-state index in [0.717, 1.165) is 12.1 Å². The normalized spacial score (nSPS) is 11.7. The topological polar surface area (TPSA) is 133 Å². The van der Waals surface area contributed by atoms with Gasteiger partial charge in [-0.2, -0.15) is 0 Å². The van der Waals surface area contributed by atoms with E-state index in [9.17, 15) is 25.9 Å². The van der Waals surface area contributed by atoms with E-state index < -0.39 is 35.6 Å². The quantitative estimate of drug-likeness (QED) is 0.157. The van der Waals surface area contributed by atoms with Crippen LogP contribution >= 0.6 is 23.2 Å². The van der Waals surface area contributed by atoms with Crippen molar-refractivity contribution in [3.8, 4) is 45.3 Å². The zero-order valence-electron chi connectivity index (χ0n) is 21.2. The Balaban J connectivity index is 1.58. The number of halogens is 2. The van der Waals surface area contributed by atoms with Crippen LogP contribution in [0.3, 0.4) is 0 Å². The van der Waals surface area contributed by atoms with Gasteiger partial charge in [0, 0.05) is 15.6 Å². The first-order chi connectivity index (χ1) is 19.9. The molecule has 0 aliphatic carbocycles. The monoisotopic (exact) mass is 640 g/mol. The highest BCUT2D eigenvalue weighted by Gasteiger charge is 2.24. The van der Waals surface area contributed by atoms with Crippen molar-refractivity contribution in [3.63, 3.8) is 0 Å². The Bertz CT molecular complexity index is 1960. The van der Waals surface area contributed by atoms with Crippen LogP contribution in [0.2, 0.25) is 10.0 Å². The molecular formula is C30H18Cl2O8S2-2. The summed E-state index contributed by atoms with van der Waals surface area (Å²) < 4.78 is 86.1. The minimum Gasteiger partial charge on any atom is -0.744 e. The van der Waals surface area contributed by atoms with Crippen LogP contribution in [0.25, 0.3) is 22.3 Å². The molecule has 0 spiro atoms. The van der Waals surface area contributed by atoms with Crippen molar-refractivity contribution in [1.82, 2.24) is 0 Å². The summed E-state index contributed by atoms with van der Waals surface area (Å²) in [6.07, 6.45) is 0. The van der Waals surface area contributed by atoms with E-state index in [1.165, 1.54) is 36.4 Å². The van der Waals surface area contributed by atoms with Gasteiger partial charge in [-0.15, -0.1) is 0 Å². The summed E-state index contributed by atoms with van der Waals surface area (Å²) in [6, 6.07) is 27.0. The van der Waals surface area contributed by atoms with E-state index in [-0.39, 0.29) is 16.7 Å². The molecule has 0 radical (unpaired) electrons. The molecule has 5 aromatic rings. The van der Waals surface area contributed by atoms with Crippen LogP contribution in [0, 0.1) is 0 Å². The molecule has 0 saturated carbocycles. The van der Waals surface area contributed by atoms with Gasteiger partial charge < -0.3 is 18.6 Å². The number of hydrogen-bond acceptors (Lipinski definition) is 8. The van der Waals surface area contributed by atoms with Crippen molar-refractivity contribution in [3.05, 3.63) is 119 Å². The van der Waals surface area contributed by atoms with Gasteiger partial charge in [-0.3, -0.25) is 0 Å². The van der Waals surface area contributed by atoms with Crippen LogP contribution in [0.5, 0.6) is 23.0 Å². The zero-order valence-corrected chi connectivity index (χ0v) is 24.4. The molecule has 0 fully saturated rings. The van der Waals surface area contributed by atoms with Gasteiger partial charge in [0.1, 0.15) is 43.2 Å². The molecule has 0 aromatic heterocycles. The highest BCUT2D eigenvalue weighted by molar-refractivity contribution is 7.87. The fourth-order valence-corrected chi connectivity index (χ4v) is 6.16. The van der Waals surface area contributed by atoms with Crippen LogP contribution in [0.4, 0.5) is 0 Å². The largest absolute Gasteiger partial charge is 0.744 e. The van der Waals surface area contributed by atoms with Crippen molar-refractivity contribution in [1.29, 1.82) is 0 Å². The first-order valence-electron chi connectivity index (χ1n) is 12.0. The number of rotatable bonds is 8. The predicted molar refractivity (Wildman–Crippen MR) is 156 cm³/mol. The summed E-state index contributed by atoms with van der Waals surface area (Å²) in [7, 11) is -10.5. The zero-order chi connectivity index (χ0) is 30.1. The van der Waals surface area contributed by atoms with E-state index in [4.69, 9.17) is 32.7 Å². The highest BCUT2D eigenvalue weighted by atomic mass is 35.5. The third kappa shape index (κ3) is 6.76. The fourth-order valence-electron chi connectivity index (χ4n) is 4.20. The first-order valence-corrected chi connectivity index (χ1v) is 15.6. The molecule has 5 rings (SSSR count). The van der Waals surface area contributed by atoms with Crippen molar-refractivity contribution in [2.75, 3.05) is 0 Å². The Morgan fingerprint density at radius 2 is 0.857 bits per heavy atom. The Kier molecular flexibility index (Phi) is 8.29. The minimum absolute atomic E-state index is 0.00634. The van der Waals surface area contributed by atoms with Gasteiger partial charge >= 0.3 is 0 Å². The maximum absolute atomic E-state index is 12.6. The second-order valence-corrected chi connectivity index (χ2v) is 12.4. The van der Waals surface area contributed by atoms with Crippen molar-refractivity contribution >= 4 is 43.4 Å². The Morgan fingerprint density at radius 3 is 1.24 bits per heavy atom. The molecule has 5 aromatic carbocycles. The Hall–Kier alpha value is -3.90. The lowest BCUT2D eigenvalue weighted by molar-refractivity contribution is 0.462. The molecule has 0 saturated heterocycles. The van der Waals surface area contributed by atoms with Crippen molar-refractivity contribution in [2.45, 2.75) is 9.79 Å². The first kappa shape index (κ1) is 29.6. The number of ether oxygens (including phenoxy) is 2. The third-order valence-electron chi connectivity index (χ3n) is 6.05. The molecule has 0 atom stereocenters. The third-order valence-corrected chi connectivity index (χ3v) is 8.35. The van der Waals surface area contributed by atoms with Gasteiger partial charge in [0.2, 0.25) is 0 Å². The summed E-state index contributed by atoms with van der Waals surface area (Å²) in [6.45, 7) is 0. The lowest BCUT2D eigenvalue weighted by Gasteiger charge is -2.23. The summed E-state index contributed by atoms with van der Waals surface area (Å²) in [5.41, 5.74) is -0.345. The fraction of sp³-hybridized carbons (Fsp3) is 0. The highest BCUT2D eigenvalue weighted by Crippen LogP contribution is 2.41. The maximum Gasteiger partial charge on any atom is 0.127 e. The van der Waals surface area contributed by atoms with E-state index in [0.29, 0.717) is 33.0 Å². The van der Waals surface area contributed by atoms with Crippen LogP contribution < -0.4 is 9.47 Å². The van der Waals surface area contributed by atoms with E-state index >= 15 is 0 Å². The lowest BCUT2D eigenvalue weighted by atomic mass is 9.98. The number of benzene rings is 5. The van der Waals surface area contributed by atoms with Crippen LogP contribution in [0.15, 0.2) is 119 Å².